The van der Waals surface area contributed by atoms with Crippen molar-refractivity contribution in [1.29, 1.82) is 0 Å². The molecule has 20 nitrogen and oxygen atoms in total. The molecule has 1 aromatic carbocycles. The van der Waals surface area contributed by atoms with Gasteiger partial charge in [-0.2, -0.15) is 0 Å². The Morgan fingerprint density at radius 2 is 1.50 bits per heavy atom. The highest BCUT2D eigenvalue weighted by Gasteiger charge is 2.76. The monoisotopic (exact) mass is 848 g/mol. The summed E-state index contributed by atoms with van der Waals surface area (Å²) in [6, 6.07) is 9.10. The van der Waals surface area contributed by atoms with Crippen molar-refractivity contribution in [2.75, 3.05) is 26.4 Å². The number of esters is 2. The van der Waals surface area contributed by atoms with Gasteiger partial charge in [0.15, 0.2) is 12.6 Å². The van der Waals surface area contributed by atoms with Gasteiger partial charge in [0.25, 0.3) is 0 Å². The third kappa shape index (κ3) is 7.90. The fourth-order valence-corrected chi connectivity index (χ4v) is 8.92. The molecule has 0 radical (unpaired) electrons. The van der Waals surface area contributed by atoms with Crippen molar-refractivity contribution in [3.63, 3.8) is 0 Å². The number of ether oxygens (including phenoxy) is 9. The van der Waals surface area contributed by atoms with Gasteiger partial charge in [-0.1, -0.05) is 30.3 Å². The number of carbonyl (C=O) groups is 2. The van der Waals surface area contributed by atoms with Crippen LogP contribution in [0, 0.1) is 17.8 Å². The average Bonchev–Trinajstić information content (AvgIpc) is 3.74. The van der Waals surface area contributed by atoms with Crippen molar-refractivity contribution >= 4 is 18.0 Å². The molecule has 0 spiro atoms. The smallest absolute Gasteiger partial charge is 0.337 e. The molecule has 5 aliphatic heterocycles. The van der Waals surface area contributed by atoms with Gasteiger partial charge in [0, 0.05) is 23.5 Å². The highest BCUT2D eigenvalue weighted by molar-refractivity contribution is 5.90. The van der Waals surface area contributed by atoms with E-state index in [0.29, 0.717) is 24.0 Å². The molecule has 1 saturated carbocycles. The SMILES string of the molecule is O=C(C=Cc1ccccc1)OCC12OC1C(O)C1C=COC(OC3OC(COC(=O)C4=COC(OC5OC(CO)C(O)C(O)C5O)C5=C(CO)CCC45)C(O)C(O)C3O)C12. The van der Waals surface area contributed by atoms with Gasteiger partial charge in [-0.25, -0.2) is 9.59 Å². The number of rotatable bonds is 13. The Labute approximate surface area is 342 Å². The van der Waals surface area contributed by atoms with Crippen LogP contribution in [-0.4, -0.2) is 176 Å². The highest BCUT2D eigenvalue weighted by atomic mass is 16.8. The fraction of sp³-hybridized carbons (Fsp3) is 0.600. The van der Waals surface area contributed by atoms with E-state index in [1.165, 1.54) is 12.3 Å². The minimum atomic E-state index is -1.85. The van der Waals surface area contributed by atoms with Crippen molar-refractivity contribution in [2.45, 2.75) is 105 Å². The second-order valence-corrected chi connectivity index (χ2v) is 15.7. The second kappa shape index (κ2) is 17.5. The van der Waals surface area contributed by atoms with E-state index in [-0.39, 0.29) is 12.2 Å². The van der Waals surface area contributed by atoms with E-state index in [1.54, 1.807) is 12.2 Å². The maximum atomic E-state index is 13.6. The Balaban J connectivity index is 0.910. The third-order valence-corrected chi connectivity index (χ3v) is 12.2. The van der Waals surface area contributed by atoms with Crippen LogP contribution in [0.15, 0.2) is 71.7 Å². The molecule has 18 atom stereocenters. The summed E-state index contributed by atoms with van der Waals surface area (Å²) in [5.41, 5.74) is 0.356. The van der Waals surface area contributed by atoms with Gasteiger partial charge in [0.1, 0.15) is 73.8 Å². The Bertz CT molecular complexity index is 1850. The number of fused-ring (bicyclic) bond motifs is 4. The van der Waals surface area contributed by atoms with Crippen LogP contribution < -0.4 is 0 Å². The van der Waals surface area contributed by atoms with Gasteiger partial charge in [-0.05, 0) is 36.1 Å². The molecule has 2 aliphatic carbocycles. The predicted molar refractivity (Wildman–Crippen MR) is 194 cm³/mol. The second-order valence-electron chi connectivity index (χ2n) is 15.7. The Morgan fingerprint density at radius 3 is 2.22 bits per heavy atom. The van der Waals surface area contributed by atoms with Crippen LogP contribution in [0.2, 0.25) is 0 Å². The van der Waals surface area contributed by atoms with Crippen LogP contribution in [0.4, 0.5) is 0 Å². The molecule has 3 saturated heterocycles. The summed E-state index contributed by atoms with van der Waals surface area (Å²) < 4.78 is 51.6. The van der Waals surface area contributed by atoms with Crippen LogP contribution in [-0.2, 0) is 52.2 Å². The number of epoxide rings is 1. The molecule has 60 heavy (non-hydrogen) atoms. The van der Waals surface area contributed by atoms with Crippen LogP contribution in [0.1, 0.15) is 18.4 Å². The normalized spacial score (nSPS) is 43.0. The first-order valence-corrected chi connectivity index (χ1v) is 19.6. The van der Waals surface area contributed by atoms with E-state index in [0.717, 1.165) is 11.8 Å². The highest BCUT2D eigenvalue weighted by Crippen LogP contribution is 2.60. The zero-order valence-electron chi connectivity index (χ0n) is 31.8. The summed E-state index contributed by atoms with van der Waals surface area (Å²) in [6.45, 7) is -2.04. The molecule has 0 bridgehead atoms. The summed E-state index contributed by atoms with van der Waals surface area (Å²) in [5, 5.41) is 94.2. The predicted octanol–water partition coefficient (Wildman–Crippen LogP) is -3.02. The first-order valence-electron chi connectivity index (χ1n) is 19.6. The third-order valence-electron chi connectivity index (χ3n) is 12.2. The van der Waals surface area contributed by atoms with Gasteiger partial charge in [-0.3, -0.25) is 0 Å². The minimum absolute atomic E-state index is 0.00504. The number of aliphatic hydroxyl groups is 9. The van der Waals surface area contributed by atoms with E-state index in [4.69, 9.17) is 42.6 Å². The Morgan fingerprint density at radius 1 is 0.800 bits per heavy atom. The minimum Gasteiger partial charge on any atom is -0.472 e. The molecule has 328 valence electrons. The first-order chi connectivity index (χ1) is 28.9. The molecule has 1 aromatic rings. The van der Waals surface area contributed by atoms with Gasteiger partial charge in [-0.15, -0.1) is 0 Å². The lowest BCUT2D eigenvalue weighted by Gasteiger charge is -2.43. The lowest BCUT2D eigenvalue weighted by molar-refractivity contribution is -0.344. The van der Waals surface area contributed by atoms with Crippen molar-refractivity contribution in [2.24, 2.45) is 17.8 Å². The number of carbonyl (C=O) groups excluding carboxylic acids is 2. The van der Waals surface area contributed by atoms with Crippen LogP contribution >= 0.6 is 0 Å². The standard InChI is InChI=1S/C40H48O20/c41-12-18-7-8-19-21(14-54-36(25(18)19)58-38-32(49)30(47)28(45)22(13-42)56-38)35(51)53-15-23-29(46)31(48)33(50)39(57-23)59-37-26-20(10-11-52-37)27(44)34-40(26,60-34)16-55-24(43)9-6-17-4-2-1-3-5-17/h1-6,9-11,14,19-20,22-23,26-34,36-39,41-42,44-50H,7-8,12-13,15-16H2. The summed E-state index contributed by atoms with van der Waals surface area (Å²) in [4.78, 5) is 26.2. The summed E-state index contributed by atoms with van der Waals surface area (Å²) in [5.74, 6) is -3.66. The lowest BCUT2D eigenvalue weighted by atomic mass is 9.85. The largest absolute Gasteiger partial charge is 0.472 e. The van der Waals surface area contributed by atoms with Gasteiger partial charge < -0.3 is 88.6 Å². The molecule has 7 aliphatic rings. The molecule has 20 heteroatoms. The van der Waals surface area contributed by atoms with Crippen molar-refractivity contribution in [3.05, 3.63) is 77.3 Å². The van der Waals surface area contributed by atoms with E-state index in [9.17, 15) is 55.5 Å². The quantitative estimate of drug-likeness (QED) is 0.0413. The van der Waals surface area contributed by atoms with E-state index in [1.807, 2.05) is 30.3 Å². The number of aliphatic hydroxyl groups excluding tert-OH is 9. The number of benzene rings is 1. The topological polar surface area (TPSA) is 303 Å². The molecule has 0 aromatic heterocycles. The zero-order chi connectivity index (χ0) is 42.5. The van der Waals surface area contributed by atoms with Crippen molar-refractivity contribution in [1.82, 2.24) is 0 Å². The maximum Gasteiger partial charge on any atom is 0.337 e. The molecule has 5 heterocycles. The number of hydrogen-bond acceptors (Lipinski definition) is 20. The maximum absolute atomic E-state index is 13.6. The van der Waals surface area contributed by atoms with E-state index in [2.05, 4.69) is 0 Å². The summed E-state index contributed by atoms with van der Waals surface area (Å²) in [6.07, 6.45) is -13.3. The van der Waals surface area contributed by atoms with Crippen molar-refractivity contribution in [3.8, 4) is 0 Å². The van der Waals surface area contributed by atoms with Crippen LogP contribution in [0.3, 0.4) is 0 Å². The van der Waals surface area contributed by atoms with Crippen molar-refractivity contribution < 1.29 is 98.2 Å². The molecule has 18 unspecified atom stereocenters. The first kappa shape index (κ1) is 42.8. The zero-order valence-corrected chi connectivity index (χ0v) is 31.8. The Hall–Kier alpha value is -3.84. The summed E-state index contributed by atoms with van der Waals surface area (Å²) in [7, 11) is 0. The van der Waals surface area contributed by atoms with E-state index >= 15 is 0 Å². The molecular weight excluding hydrogens is 800 g/mol. The fourth-order valence-electron chi connectivity index (χ4n) is 8.92. The Kier molecular flexibility index (Phi) is 12.5. The summed E-state index contributed by atoms with van der Waals surface area (Å²) >= 11 is 0. The van der Waals surface area contributed by atoms with Gasteiger partial charge in [0.2, 0.25) is 12.6 Å². The van der Waals surface area contributed by atoms with Crippen LogP contribution in [0.25, 0.3) is 6.08 Å². The van der Waals surface area contributed by atoms with Gasteiger partial charge >= 0.3 is 11.9 Å². The molecule has 0 amide bonds. The lowest BCUT2D eigenvalue weighted by Crippen LogP contribution is -2.61. The number of hydrogen-bond donors (Lipinski definition) is 9. The van der Waals surface area contributed by atoms with E-state index < -0.39 is 141 Å². The molecule has 8 rings (SSSR count). The molecule has 4 fully saturated rings. The molecule has 9 N–H and O–H groups in total. The van der Waals surface area contributed by atoms with Gasteiger partial charge in [0.05, 0.1) is 43.3 Å². The van der Waals surface area contributed by atoms with Crippen LogP contribution in [0.5, 0.6) is 0 Å². The average molecular weight is 849 g/mol. The molecular formula is C40H48O20.